The summed E-state index contributed by atoms with van der Waals surface area (Å²) in [4.78, 5) is 11.4. The summed E-state index contributed by atoms with van der Waals surface area (Å²) in [6.45, 7) is 7.73. The highest BCUT2D eigenvalue weighted by atomic mass is 127. The molecule has 0 spiro atoms. The number of guanidine groups is 1. The minimum Gasteiger partial charge on any atom is -0.381 e. The van der Waals surface area contributed by atoms with Crippen LogP contribution in [0.2, 0.25) is 0 Å². The Balaban J connectivity index is 0.00000363. The van der Waals surface area contributed by atoms with E-state index in [0.29, 0.717) is 38.4 Å². The summed E-state index contributed by atoms with van der Waals surface area (Å²) in [5.41, 5.74) is 0.0108. The molecule has 0 radical (unpaired) electrons. The third-order valence-electron chi connectivity index (χ3n) is 6.35. The summed E-state index contributed by atoms with van der Waals surface area (Å²) in [6.07, 6.45) is -2.42. The van der Waals surface area contributed by atoms with E-state index in [0.717, 1.165) is 44.6 Å². The fourth-order valence-corrected chi connectivity index (χ4v) is 4.20. The third-order valence-corrected chi connectivity index (χ3v) is 6.35. The zero-order chi connectivity index (χ0) is 22.5. The molecule has 1 N–H and O–H groups in total. The van der Waals surface area contributed by atoms with Crippen LogP contribution in [-0.2, 0) is 10.9 Å². The molecule has 2 heterocycles. The van der Waals surface area contributed by atoms with Gasteiger partial charge in [-0.25, -0.2) is 0 Å². The van der Waals surface area contributed by atoms with E-state index >= 15 is 0 Å². The van der Waals surface area contributed by atoms with Crippen LogP contribution < -0.4 is 10.2 Å². The Morgan fingerprint density at radius 3 is 2.38 bits per heavy atom. The van der Waals surface area contributed by atoms with E-state index in [9.17, 15) is 13.2 Å². The van der Waals surface area contributed by atoms with Crippen molar-refractivity contribution in [1.82, 2.24) is 15.1 Å². The number of alkyl halides is 3. The smallest absolute Gasteiger partial charge is 0.381 e. The molecule has 1 aromatic rings. The van der Waals surface area contributed by atoms with Crippen molar-refractivity contribution in [2.45, 2.75) is 31.5 Å². The average Bonchev–Trinajstić information content (AvgIpc) is 2.77. The van der Waals surface area contributed by atoms with Crippen LogP contribution in [0, 0.1) is 0 Å². The SMILES string of the molecule is CCNC(=NCC1(N(C)C)CCOCC1)N1CCN(c2cccc(C(F)(F)F)c2)CC1.I. The lowest BCUT2D eigenvalue weighted by Crippen LogP contribution is -2.54. The number of hydrogen-bond donors (Lipinski definition) is 1. The maximum absolute atomic E-state index is 13.1. The molecule has 2 aliphatic heterocycles. The van der Waals surface area contributed by atoms with Crippen LogP contribution in [0.4, 0.5) is 18.9 Å². The Morgan fingerprint density at radius 2 is 1.81 bits per heavy atom. The number of halogens is 4. The molecule has 6 nitrogen and oxygen atoms in total. The number of rotatable bonds is 5. The molecule has 0 atom stereocenters. The molecule has 0 saturated carbocycles. The Labute approximate surface area is 206 Å². The molecular weight excluding hydrogens is 534 g/mol. The van der Waals surface area contributed by atoms with E-state index in [1.807, 2.05) is 11.8 Å². The van der Waals surface area contributed by atoms with Gasteiger partial charge in [-0.05, 0) is 52.1 Å². The van der Waals surface area contributed by atoms with Gasteiger partial charge in [0.25, 0.3) is 0 Å². The van der Waals surface area contributed by atoms with Crippen LogP contribution >= 0.6 is 24.0 Å². The second kappa shape index (κ2) is 11.7. The number of anilines is 1. The van der Waals surface area contributed by atoms with E-state index in [-0.39, 0.29) is 29.5 Å². The number of benzene rings is 1. The highest BCUT2D eigenvalue weighted by molar-refractivity contribution is 14.0. The fraction of sp³-hybridized carbons (Fsp3) is 0.682. The van der Waals surface area contributed by atoms with E-state index in [1.165, 1.54) is 12.1 Å². The van der Waals surface area contributed by atoms with Gasteiger partial charge < -0.3 is 24.8 Å². The van der Waals surface area contributed by atoms with Crippen molar-refractivity contribution in [2.75, 3.05) is 71.5 Å². The second-order valence-electron chi connectivity index (χ2n) is 8.42. The summed E-state index contributed by atoms with van der Waals surface area (Å²) < 4.78 is 44.7. The minimum absolute atomic E-state index is 0. The molecule has 2 fully saturated rings. The molecule has 0 bridgehead atoms. The highest BCUT2D eigenvalue weighted by Gasteiger charge is 2.35. The quantitative estimate of drug-likeness (QED) is 0.334. The van der Waals surface area contributed by atoms with Crippen molar-refractivity contribution in [2.24, 2.45) is 4.99 Å². The predicted molar refractivity (Wildman–Crippen MR) is 133 cm³/mol. The first-order valence-corrected chi connectivity index (χ1v) is 11.0. The molecule has 2 aliphatic rings. The lowest BCUT2D eigenvalue weighted by molar-refractivity contribution is -0.137. The van der Waals surface area contributed by atoms with Crippen LogP contribution in [0.15, 0.2) is 29.3 Å². The molecule has 3 rings (SSSR count). The molecular formula is C22H35F3IN5O. The number of nitrogens with zero attached hydrogens (tertiary/aromatic N) is 4. The predicted octanol–water partition coefficient (Wildman–Crippen LogP) is 3.52. The van der Waals surface area contributed by atoms with Crippen molar-refractivity contribution in [1.29, 1.82) is 0 Å². The van der Waals surface area contributed by atoms with E-state index in [1.54, 1.807) is 6.07 Å². The zero-order valence-electron chi connectivity index (χ0n) is 19.1. The zero-order valence-corrected chi connectivity index (χ0v) is 21.5. The summed E-state index contributed by atoms with van der Waals surface area (Å²) in [6, 6.07) is 5.58. The van der Waals surface area contributed by atoms with Gasteiger partial charge in [0, 0.05) is 57.2 Å². The van der Waals surface area contributed by atoms with Gasteiger partial charge in [0.1, 0.15) is 0 Å². The van der Waals surface area contributed by atoms with E-state index in [4.69, 9.17) is 9.73 Å². The fourth-order valence-electron chi connectivity index (χ4n) is 4.20. The minimum atomic E-state index is -4.32. The number of hydrogen-bond acceptors (Lipinski definition) is 4. The van der Waals surface area contributed by atoms with Gasteiger partial charge in [-0.3, -0.25) is 4.99 Å². The van der Waals surface area contributed by atoms with Crippen LogP contribution in [0.3, 0.4) is 0 Å². The van der Waals surface area contributed by atoms with Crippen molar-refractivity contribution < 1.29 is 17.9 Å². The van der Waals surface area contributed by atoms with E-state index < -0.39 is 11.7 Å². The van der Waals surface area contributed by atoms with Gasteiger partial charge in [-0.2, -0.15) is 13.2 Å². The molecule has 0 aliphatic carbocycles. The maximum atomic E-state index is 13.1. The Bertz CT molecular complexity index is 745. The number of aliphatic imine (C=N–C) groups is 1. The summed E-state index contributed by atoms with van der Waals surface area (Å²) in [5, 5.41) is 3.39. The summed E-state index contributed by atoms with van der Waals surface area (Å²) in [5.74, 6) is 0.874. The molecule has 0 unspecified atom stereocenters. The number of likely N-dealkylation sites (N-methyl/N-ethyl adjacent to an activating group) is 1. The number of piperazine rings is 1. The Morgan fingerprint density at radius 1 is 1.16 bits per heavy atom. The normalized spacial score (nSPS) is 19.7. The van der Waals surface area contributed by atoms with Gasteiger partial charge in [0.05, 0.1) is 12.1 Å². The van der Waals surface area contributed by atoms with Crippen LogP contribution in [0.1, 0.15) is 25.3 Å². The Hall–Kier alpha value is -1.27. The molecule has 182 valence electrons. The van der Waals surface area contributed by atoms with Gasteiger partial charge >= 0.3 is 6.18 Å². The topological polar surface area (TPSA) is 43.3 Å². The van der Waals surface area contributed by atoms with Crippen molar-refractivity contribution in [3.8, 4) is 0 Å². The standard InChI is InChI=1S/C22H34F3N5O.HI/c1-4-26-20(27-17-21(28(2)3)8-14-31-15-9-21)30-12-10-29(11-13-30)19-7-5-6-18(16-19)22(23,24)25;/h5-7,16H,4,8-15,17H2,1-3H3,(H,26,27);1H. The molecule has 0 aromatic heterocycles. The molecule has 2 saturated heterocycles. The number of ether oxygens (including phenoxy) is 1. The monoisotopic (exact) mass is 569 g/mol. The van der Waals surface area contributed by atoms with Gasteiger partial charge in [-0.1, -0.05) is 6.07 Å². The first-order chi connectivity index (χ1) is 14.7. The van der Waals surface area contributed by atoms with Crippen molar-refractivity contribution >= 4 is 35.6 Å². The lowest BCUT2D eigenvalue weighted by atomic mass is 9.89. The first kappa shape index (κ1) is 27.0. The molecule has 10 heteroatoms. The molecule has 0 amide bonds. The van der Waals surface area contributed by atoms with Crippen molar-refractivity contribution in [3.63, 3.8) is 0 Å². The van der Waals surface area contributed by atoms with Crippen molar-refractivity contribution in [3.05, 3.63) is 29.8 Å². The average molecular weight is 569 g/mol. The lowest BCUT2D eigenvalue weighted by Gasteiger charge is -2.42. The largest absolute Gasteiger partial charge is 0.416 e. The number of nitrogens with one attached hydrogen (secondary N) is 1. The summed E-state index contributed by atoms with van der Waals surface area (Å²) >= 11 is 0. The second-order valence-corrected chi connectivity index (χ2v) is 8.42. The first-order valence-electron chi connectivity index (χ1n) is 11.0. The Kier molecular flexibility index (Phi) is 9.89. The van der Waals surface area contributed by atoms with Gasteiger partial charge in [0.15, 0.2) is 5.96 Å². The molecule has 32 heavy (non-hydrogen) atoms. The van der Waals surface area contributed by atoms with Crippen LogP contribution in [-0.4, -0.2) is 87.9 Å². The van der Waals surface area contributed by atoms with Crippen LogP contribution in [0.5, 0.6) is 0 Å². The van der Waals surface area contributed by atoms with Crippen LogP contribution in [0.25, 0.3) is 0 Å². The summed E-state index contributed by atoms with van der Waals surface area (Å²) in [7, 11) is 4.20. The maximum Gasteiger partial charge on any atom is 0.416 e. The van der Waals surface area contributed by atoms with E-state index in [2.05, 4.69) is 29.2 Å². The molecule has 1 aromatic carbocycles. The highest BCUT2D eigenvalue weighted by Crippen LogP contribution is 2.32. The third kappa shape index (κ3) is 6.63. The van der Waals surface area contributed by atoms with Gasteiger partial charge in [0.2, 0.25) is 0 Å². The van der Waals surface area contributed by atoms with Gasteiger partial charge in [-0.15, -0.1) is 24.0 Å².